The van der Waals surface area contributed by atoms with Crippen LogP contribution in [0.2, 0.25) is 5.02 Å². The molecule has 0 saturated carbocycles. The Balaban J connectivity index is 1.04. The number of hydrogen-bond donors (Lipinski definition) is 3. The van der Waals surface area contributed by atoms with Crippen LogP contribution in [0.4, 0.5) is 22.2 Å². The van der Waals surface area contributed by atoms with Crippen LogP contribution in [0.3, 0.4) is 0 Å². The normalized spacial score (nSPS) is 16.7. The zero-order valence-electron chi connectivity index (χ0n) is 28.7. The third-order valence-corrected chi connectivity index (χ3v) is 10.5. The number of aromatic hydroxyl groups is 1. The van der Waals surface area contributed by atoms with Crippen molar-refractivity contribution in [2.24, 2.45) is 11.3 Å². The highest BCUT2D eigenvalue weighted by Crippen LogP contribution is 2.37. The molecule has 4 heterocycles. The van der Waals surface area contributed by atoms with Gasteiger partial charge >= 0.3 is 6.09 Å². The standard InChI is InChI=1S/C35H47ClN8O4S/c1-34(2,3)48-33(47)41-23-35(4)13-17-43(18-14-35)28-21-38-30(22-37-28)49-27-9-6-8-26(31(27)36)42-29(46)10-5-7-24-11-15-44(16-12-24)32-39-19-25(45)20-40-32/h6,8-9,19-22,24,45H,5,7,10-18,23H2,1-4H3,(H,41,47)(H,42,46). The van der Waals surface area contributed by atoms with Gasteiger partial charge < -0.3 is 30.3 Å². The van der Waals surface area contributed by atoms with E-state index in [0.29, 0.717) is 40.6 Å². The van der Waals surface area contributed by atoms with Gasteiger partial charge in [0.25, 0.3) is 0 Å². The molecule has 2 aliphatic rings. The molecular formula is C35H47ClN8O4S. The van der Waals surface area contributed by atoms with Gasteiger partial charge in [-0.05, 0) is 82.8 Å². The first-order valence-electron chi connectivity index (χ1n) is 16.9. The van der Waals surface area contributed by atoms with Crippen LogP contribution in [0.15, 0.2) is 52.9 Å². The minimum absolute atomic E-state index is 0.0157. The number of nitrogens with one attached hydrogen (secondary N) is 2. The molecule has 0 aliphatic carbocycles. The van der Waals surface area contributed by atoms with Crippen molar-refractivity contribution in [2.45, 2.75) is 88.2 Å². The Hall–Kier alpha value is -3.84. The summed E-state index contributed by atoms with van der Waals surface area (Å²) < 4.78 is 5.38. The number of halogens is 1. The second kappa shape index (κ2) is 16.2. The number of piperidine rings is 2. The van der Waals surface area contributed by atoms with Crippen molar-refractivity contribution < 1.29 is 19.4 Å². The van der Waals surface area contributed by atoms with Crippen molar-refractivity contribution in [3.63, 3.8) is 0 Å². The van der Waals surface area contributed by atoms with Crippen molar-refractivity contribution in [2.75, 3.05) is 47.8 Å². The summed E-state index contributed by atoms with van der Waals surface area (Å²) in [5, 5.41) is 16.5. The Kier molecular flexibility index (Phi) is 12.1. The zero-order chi connectivity index (χ0) is 35.0. The minimum Gasteiger partial charge on any atom is -0.505 e. The Morgan fingerprint density at radius 3 is 2.39 bits per heavy atom. The van der Waals surface area contributed by atoms with Crippen LogP contribution < -0.4 is 20.4 Å². The van der Waals surface area contributed by atoms with Gasteiger partial charge in [-0.2, -0.15) is 0 Å². The Bertz CT molecular complexity index is 1560. The lowest BCUT2D eigenvalue weighted by atomic mass is 9.80. The average Bonchev–Trinajstić information content (AvgIpc) is 3.06. The molecule has 264 valence electrons. The number of anilines is 3. The number of rotatable bonds is 11. The predicted octanol–water partition coefficient (Wildman–Crippen LogP) is 6.93. The van der Waals surface area contributed by atoms with Crippen LogP contribution in [0.5, 0.6) is 5.75 Å². The topological polar surface area (TPSA) is 146 Å². The molecule has 2 aromatic heterocycles. The largest absolute Gasteiger partial charge is 0.505 e. The van der Waals surface area contributed by atoms with Gasteiger partial charge in [0.2, 0.25) is 11.9 Å². The number of alkyl carbamates (subject to hydrolysis) is 1. The van der Waals surface area contributed by atoms with E-state index in [9.17, 15) is 14.7 Å². The molecule has 0 radical (unpaired) electrons. The monoisotopic (exact) mass is 710 g/mol. The van der Waals surface area contributed by atoms with Gasteiger partial charge in [0.15, 0.2) is 5.75 Å². The van der Waals surface area contributed by atoms with Gasteiger partial charge in [0, 0.05) is 44.0 Å². The van der Waals surface area contributed by atoms with E-state index in [1.54, 1.807) is 12.4 Å². The lowest BCUT2D eigenvalue weighted by Crippen LogP contribution is -2.45. The summed E-state index contributed by atoms with van der Waals surface area (Å²) in [5.74, 6) is 2.03. The minimum atomic E-state index is -0.518. The summed E-state index contributed by atoms with van der Waals surface area (Å²) in [6, 6.07) is 5.59. The summed E-state index contributed by atoms with van der Waals surface area (Å²) in [6.45, 7) is 11.7. The fourth-order valence-corrected chi connectivity index (χ4v) is 7.11. The Labute approximate surface area is 297 Å². The molecule has 1 aromatic carbocycles. The third kappa shape index (κ3) is 10.8. The van der Waals surface area contributed by atoms with Crippen LogP contribution in [-0.2, 0) is 9.53 Å². The first-order valence-corrected chi connectivity index (χ1v) is 18.1. The van der Waals surface area contributed by atoms with E-state index in [4.69, 9.17) is 16.3 Å². The first kappa shape index (κ1) is 36.4. The molecule has 0 atom stereocenters. The smallest absolute Gasteiger partial charge is 0.407 e. The van der Waals surface area contributed by atoms with Crippen LogP contribution in [-0.4, -0.2) is 75.4 Å². The molecule has 49 heavy (non-hydrogen) atoms. The molecule has 3 N–H and O–H groups in total. The molecule has 0 bridgehead atoms. The highest BCUT2D eigenvalue weighted by atomic mass is 35.5. The van der Waals surface area contributed by atoms with E-state index in [2.05, 4.69) is 47.3 Å². The number of ether oxygens (including phenoxy) is 1. The second-order valence-corrected chi connectivity index (χ2v) is 15.6. The number of hydrogen-bond acceptors (Lipinski definition) is 11. The zero-order valence-corrected chi connectivity index (χ0v) is 30.3. The lowest BCUT2D eigenvalue weighted by Gasteiger charge is -2.40. The van der Waals surface area contributed by atoms with Crippen molar-refractivity contribution in [3.05, 3.63) is 48.0 Å². The van der Waals surface area contributed by atoms with Gasteiger partial charge in [-0.15, -0.1) is 0 Å². The first-order chi connectivity index (χ1) is 23.4. The number of aromatic nitrogens is 4. The van der Waals surface area contributed by atoms with Gasteiger partial charge in [-0.3, -0.25) is 4.79 Å². The van der Waals surface area contributed by atoms with Crippen LogP contribution in [0.25, 0.3) is 0 Å². The number of benzene rings is 1. The Morgan fingerprint density at radius 1 is 1.02 bits per heavy atom. The third-order valence-electron chi connectivity index (χ3n) is 8.96. The highest BCUT2D eigenvalue weighted by Gasteiger charge is 2.32. The molecule has 5 rings (SSSR count). The predicted molar refractivity (Wildman–Crippen MR) is 193 cm³/mol. The summed E-state index contributed by atoms with van der Waals surface area (Å²) in [5.41, 5.74) is 0.0506. The molecule has 2 saturated heterocycles. The average molecular weight is 711 g/mol. The van der Waals surface area contributed by atoms with E-state index in [1.807, 2.05) is 39.0 Å². The summed E-state index contributed by atoms with van der Waals surface area (Å²) in [4.78, 5) is 47.8. The van der Waals surface area contributed by atoms with Gasteiger partial charge in [-0.25, -0.2) is 24.7 Å². The van der Waals surface area contributed by atoms with Crippen molar-refractivity contribution in [1.82, 2.24) is 25.3 Å². The van der Waals surface area contributed by atoms with Gasteiger partial charge in [-0.1, -0.05) is 36.4 Å². The number of carbonyl (C=O) groups excluding carboxylic acids is 2. The molecule has 12 nitrogen and oxygen atoms in total. The van der Waals surface area contributed by atoms with Crippen LogP contribution >= 0.6 is 23.4 Å². The van der Waals surface area contributed by atoms with E-state index in [0.717, 1.165) is 75.4 Å². The molecule has 0 spiro atoms. The molecule has 2 fully saturated rings. The SMILES string of the molecule is CC1(CNC(=O)OC(C)(C)C)CCN(c2cnc(Sc3cccc(NC(=O)CCCC4CCN(c5ncc(O)cn5)CC4)c3Cl)cn2)CC1. The molecule has 2 amide bonds. The highest BCUT2D eigenvalue weighted by molar-refractivity contribution is 7.99. The van der Waals surface area contributed by atoms with Crippen molar-refractivity contribution in [1.29, 1.82) is 0 Å². The second-order valence-electron chi connectivity index (χ2n) is 14.2. The molecular weight excluding hydrogens is 664 g/mol. The quantitative estimate of drug-likeness (QED) is 0.190. The molecule has 0 unspecified atom stereocenters. The van der Waals surface area contributed by atoms with E-state index < -0.39 is 5.60 Å². The molecule has 14 heteroatoms. The van der Waals surface area contributed by atoms with Crippen molar-refractivity contribution in [3.8, 4) is 5.75 Å². The number of amides is 2. The van der Waals surface area contributed by atoms with Gasteiger partial charge in [0.05, 0.1) is 35.5 Å². The number of nitrogens with zero attached hydrogens (tertiary/aromatic N) is 6. The van der Waals surface area contributed by atoms with E-state index in [1.165, 1.54) is 24.2 Å². The van der Waals surface area contributed by atoms with Crippen LogP contribution in [0.1, 0.15) is 72.6 Å². The lowest BCUT2D eigenvalue weighted by molar-refractivity contribution is -0.116. The number of carbonyl (C=O) groups is 2. The maximum absolute atomic E-state index is 12.8. The molecule has 3 aromatic rings. The molecule has 2 aliphatic heterocycles. The summed E-state index contributed by atoms with van der Waals surface area (Å²) in [7, 11) is 0. The Morgan fingerprint density at radius 2 is 1.73 bits per heavy atom. The summed E-state index contributed by atoms with van der Waals surface area (Å²) in [6.07, 6.45) is 12.1. The van der Waals surface area contributed by atoms with E-state index >= 15 is 0 Å². The van der Waals surface area contributed by atoms with E-state index in [-0.39, 0.29) is 23.2 Å². The van der Waals surface area contributed by atoms with Crippen molar-refractivity contribution >= 4 is 52.8 Å². The van der Waals surface area contributed by atoms with Gasteiger partial charge in [0.1, 0.15) is 16.4 Å². The summed E-state index contributed by atoms with van der Waals surface area (Å²) >= 11 is 8.14. The maximum Gasteiger partial charge on any atom is 0.407 e. The fraction of sp³-hybridized carbons (Fsp3) is 0.543. The maximum atomic E-state index is 12.8. The van der Waals surface area contributed by atoms with Crippen LogP contribution in [0, 0.1) is 11.3 Å². The fourth-order valence-electron chi connectivity index (χ4n) is 6.04.